The zero-order valence-electron chi connectivity index (χ0n) is 16.8. The lowest BCUT2D eigenvalue weighted by atomic mass is 9.75. The lowest BCUT2D eigenvalue weighted by molar-refractivity contribution is 0.247. The van der Waals surface area contributed by atoms with Gasteiger partial charge in [-0.05, 0) is 31.3 Å². The average Bonchev–Trinajstić information content (AvgIpc) is 2.70. The second-order valence-corrected chi connectivity index (χ2v) is 7.11. The molecule has 0 amide bonds. The van der Waals surface area contributed by atoms with Gasteiger partial charge in [0.1, 0.15) is 5.75 Å². The predicted octanol–water partition coefficient (Wildman–Crippen LogP) is 4.61. The van der Waals surface area contributed by atoms with Crippen LogP contribution in [0.5, 0.6) is 5.75 Å². The van der Waals surface area contributed by atoms with Gasteiger partial charge in [0.25, 0.3) is 0 Å². The van der Waals surface area contributed by atoms with Crippen LogP contribution in [0.25, 0.3) is 0 Å². The second-order valence-electron chi connectivity index (χ2n) is 7.11. The summed E-state index contributed by atoms with van der Waals surface area (Å²) in [6.07, 6.45) is 0. The molecule has 0 aromatic heterocycles. The minimum absolute atomic E-state index is 0.422. The molecule has 3 aromatic carbocycles. The summed E-state index contributed by atoms with van der Waals surface area (Å²) in [6.45, 7) is 0. The molecule has 0 heterocycles. The Morgan fingerprint density at radius 2 is 1.22 bits per heavy atom. The first-order valence-corrected chi connectivity index (χ1v) is 9.16. The van der Waals surface area contributed by atoms with Gasteiger partial charge in [0.05, 0.1) is 12.6 Å². The maximum absolute atomic E-state index is 5.50. The molecule has 0 bridgehead atoms. The Hall–Kier alpha value is -2.78. The summed E-state index contributed by atoms with van der Waals surface area (Å²) in [7, 11) is 10.2. The van der Waals surface area contributed by atoms with Crippen molar-refractivity contribution in [3.05, 3.63) is 95.6 Å². The first-order valence-electron chi connectivity index (χ1n) is 9.16. The first kappa shape index (κ1) is 19.0. The number of hydrogen-bond donors (Lipinski definition) is 0. The molecule has 27 heavy (non-hydrogen) atoms. The summed E-state index contributed by atoms with van der Waals surface area (Å²) >= 11 is 0. The van der Waals surface area contributed by atoms with Gasteiger partial charge in [-0.25, -0.2) is 0 Å². The summed E-state index contributed by atoms with van der Waals surface area (Å²) in [4.78, 5) is 4.45. The summed E-state index contributed by atoms with van der Waals surface area (Å²) in [6, 6.07) is 27.7. The highest BCUT2D eigenvalue weighted by atomic mass is 16.5. The van der Waals surface area contributed by atoms with Crippen molar-refractivity contribution >= 4 is 5.69 Å². The molecule has 0 unspecified atom stereocenters. The molecule has 0 saturated heterocycles. The number of methoxy groups -OCH3 is 1. The van der Waals surface area contributed by atoms with Gasteiger partial charge in [0, 0.05) is 31.4 Å². The van der Waals surface area contributed by atoms with Crippen molar-refractivity contribution in [1.82, 2.24) is 4.90 Å². The van der Waals surface area contributed by atoms with Gasteiger partial charge in [-0.3, -0.25) is 4.90 Å². The van der Waals surface area contributed by atoms with Crippen LogP contribution >= 0.6 is 0 Å². The molecular formula is C24H28N2O. The minimum Gasteiger partial charge on any atom is -0.497 e. The van der Waals surface area contributed by atoms with E-state index in [1.54, 1.807) is 7.11 Å². The highest BCUT2D eigenvalue weighted by molar-refractivity contribution is 5.65. The monoisotopic (exact) mass is 360 g/mol. The number of nitrogens with zero attached hydrogens (tertiary/aromatic N) is 2. The molecule has 0 saturated carbocycles. The maximum atomic E-state index is 5.50. The van der Waals surface area contributed by atoms with Crippen LogP contribution in [0.15, 0.2) is 78.9 Å². The largest absolute Gasteiger partial charge is 0.497 e. The zero-order valence-corrected chi connectivity index (χ0v) is 16.8. The Kier molecular flexibility index (Phi) is 5.52. The molecule has 3 rings (SSSR count). The van der Waals surface area contributed by atoms with Crippen molar-refractivity contribution in [2.45, 2.75) is 5.54 Å². The van der Waals surface area contributed by atoms with Crippen LogP contribution < -0.4 is 9.64 Å². The fraction of sp³-hybridized carbons (Fsp3) is 0.250. The lowest BCUT2D eigenvalue weighted by Crippen LogP contribution is -2.44. The van der Waals surface area contributed by atoms with Gasteiger partial charge in [0.15, 0.2) is 0 Å². The molecule has 3 nitrogen and oxygen atoms in total. The van der Waals surface area contributed by atoms with Crippen LogP contribution in [-0.4, -0.2) is 40.2 Å². The van der Waals surface area contributed by atoms with E-state index in [2.05, 4.69) is 111 Å². The van der Waals surface area contributed by atoms with Crippen LogP contribution in [0.3, 0.4) is 0 Å². The van der Waals surface area contributed by atoms with Crippen LogP contribution in [0.2, 0.25) is 0 Å². The molecule has 0 N–H and O–H groups in total. The molecule has 3 heteroatoms. The van der Waals surface area contributed by atoms with Crippen LogP contribution in [-0.2, 0) is 5.54 Å². The normalized spacial score (nSPS) is 11.5. The molecule has 0 aliphatic carbocycles. The number of hydrogen-bond acceptors (Lipinski definition) is 3. The fourth-order valence-corrected chi connectivity index (χ4v) is 3.91. The van der Waals surface area contributed by atoms with Crippen molar-refractivity contribution in [3.8, 4) is 5.75 Å². The van der Waals surface area contributed by atoms with E-state index in [-0.39, 0.29) is 0 Å². The highest BCUT2D eigenvalue weighted by Crippen LogP contribution is 2.45. The Bertz CT molecular complexity index is 834. The van der Waals surface area contributed by atoms with Crippen molar-refractivity contribution in [3.63, 3.8) is 0 Å². The van der Waals surface area contributed by atoms with E-state index in [0.717, 1.165) is 11.4 Å². The highest BCUT2D eigenvalue weighted by Gasteiger charge is 2.40. The Morgan fingerprint density at radius 1 is 0.704 bits per heavy atom. The zero-order chi connectivity index (χ0) is 19.4. The molecule has 0 spiro atoms. The third-order valence-electron chi connectivity index (χ3n) is 5.13. The Morgan fingerprint density at radius 3 is 1.63 bits per heavy atom. The van der Waals surface area contributed by atoms with Gasteiger partial charge in [0.2, 0.25) is 0 Å². The van der Waals surface area contributed by atoms with E-state index >= 15 is 0 Å². The summed E-state index contributed by atoms with van der Waals surface area (Å²) in [5.41, 5.74) is 4.39. The van der Waals surface area contributed by atoms with Crippen LogP contribution in [0.4, 0.5) is 5.69 Å². The van der Waals surface area contributed by atoms with Gasteiger partial charge >= 0.3 is 0 Å². The SMILES string of the molecule is COc1ccc(C(c2ccccc2)(c2ccccc2)N(C)C)c(N(C)C)c1. The fourth-order valence-electron chi connectivity index (χ4n) is 3.91. The average molecular weight is 361 g/mol. The van der Waals surface area contributed by atoms with Crippen molar-refractivity contribution < 1.29 is 4.74 Å². The van der Waals surface area contributed by atoms with E-state index in [9.17, 15) is 0 Å². The Balaban J connectivity index is 2.42. The minimum atomic E-state index is -0.422. The quantitative estimate of drug-likeness (QED) is 0.597. The van der Waals surface area contributed by atoms with E-state index in [1.165, 1.54) is 16.7 Å². The van der Waals surface area contributed by atoms with Crippen molar-refractivity contribution in [2.75, 3.05) is 40.2 Å². The molecule has 0 radical (unpaired) electrons. The summed E-state index contributed by atoms with van der Waals surface area (Å²) < 4.78 is 5.50. The molecule has 0 aliphatic rings. The standard InChI is InChI=1S/C24H28N2O/c1-25(2)23-18-21(27-5)16-17-22(23)24(26(3)4,19-12-8-6-9-13-19)20-14-10-7-11-15-20/h6-18H,1-5H3. The summed E-state index contributed by atoms with van der Waals surface area (Å²) in [5, 5.41) is 0. The third-order valence-corrected chi connectivity index (χ3v) is 5.13. The van der Waals surface area contributed by atoms with Gasteiger partial charge in [-0.15, -0.1) is 0 Å². The van der Waals surface area contributed by atoms with E-state index in [1.807, 2.05) is 6.07 Å². The topological polar surface area (TPSA) is 15.7 Å². The lowest BCUT2D eigenvalue weighted by Gasteiger charge is -2.43. The number of ether oxygens (including phenoxy) is 1. The number of benzene rings is 3. The molecule has 3 aromatic rings. The molecule has 140 valence electrons. The predicted molar refractivity (Wildman–Crippen MR) is 114 cm³/mol. The van der Waals surface area contributed by atoms with Crippen LogP contribution in [0.1, 0.15) is 16.7 Å². The van der Waals surface area contributed by atoms with Gasteiger partial charge in [-0.1, -0.05) is 66.7 Å². The maximum Gasteiger partial charge on any atom is 0.120 e. The van der Waals surface area contributed by atoms with Gasteiger partial charge < -0.3 is 9.64 Å². The van der Waals surface area contributed by atoms with Crippen molar-refractivity contribution in [2.24, 2.45) is 0 Å². The first-order chi connectivity index (χ1) is 13.0. The van der Waals surface area contributed by atoms with E-state index in [4.69, 9.17) is 4.74 Å². The Labute approximate surface area is 162 Å². The number of anilines is 1. The molecule has 0 fully saturated rings. The molecular weight excluding hydrogens is 332 g/mol. The molecule has 0 atom stereocenters. The third kappa shape index (κ3) is 3.31. The smallest absolute Gasteiger partial charge is 0.120 e. The summed E-state index contributed by atoms with van der Waals surface area (Å²) in [5.74, 6) is 0.858. The number of rotatable bonds is 6. The van der Waals surface area contributed by atoms with Crippen molar-refractivity contribution in [1.29, 1.82) is 0 Å². The van der Waals surface area contributed by atoms with E-state index < -0.39 is 5.54 Å². The van der Waals surface area contributed by atoms with E-state index in [0.29, 0.717) is 0 Å². The second kappa shape index (κ2) is 7.85. The van der Waals surface area contributed by atoms with Gasteiger partial charge in [-0.2, -0.15) is 0 Å². The van der Waals surface area contributed by atoms with Crippen LogP contribution in [0, 0.1) is 0 Å². The molecule has 0 aliphatic heterocycles.